The number of phenolic OH excluding ortho intramolecular Hbond substituents is 4. The SMILES string of the molecule is B/C(C)=C(B)/C(B)=C1\CC(c2ccc3c(c2)C(C(B)(B)B)(C(B)(B)B)c2ccccc2-3)=c2c(O)c(O)c(O)c(O)c2=C1n1c(-c2ccccc2)nc2ccccc21. The Balaban J connectivity index is 1.61. The summed E-state index contributed by atoms with van der Waals surface area (Å²) in [6.45, 7) is 2.09. The van der Waals surface area contributed by atoms with Crippen molar-refractivity contribution in [2.45, 2.75) is 29.0 Å². The lowest BCUT2D eigenvalue weighted by molar-refractivity contribution is 0.341. The molecule has 2 aliphatic rings. The molecule has 2 aliphatic carbocycles. The van der Waals surface area contributed by atoms with Gasteiger partial charge in [-0.3, -0.25) is 4.57 Å². The molecule has 0 saturated heterocycles. The molecule has 0 saturated carbocycles. The third-order valence-corrected chi connectivity index (χ3v) is 12.8. The molecule has 0 fully saturated rings. The number of rotatable bonds is 6. The quantitative estimate of drug-likeness (QED) is 0.0938. The van der Waals surface area contributed by atoms with Crippen LogP contribution in [0.25, 0.3) is 44.8 Å². The van der Waals surface area contributed by atoms with E-state index in [1.807, 2.05) is 59.2 Å². The lowest BCUT2D eigenvalue weighted by atomic mass is 9.18. The van der Waals surface area contributed by atoms with Crippen LogP contribution in [0.1, 0.15) is 30.0 Å². The molecule has 0 amide bonds. The molecule has 0 radical (unpaired) electrons. The van der Waals surface area contributed by atoms with Gasteiger partial charge in [-0.1, -0.05) is 108 Å². The molecule has 0 atom stereocenters. The predicted molar refractivity (Wildman–Crippen MR) is 258 cm³/mol. The monoisotopic (exact) mass is 738 g/mol. The molecular formula is C42H43B9N2O4. The Morgan fingerprint density at radius 3 is 1.88 bits per heavy atom. The van der Waals surface area contributed by atoms with Crippen molar-refractivity contribution in [2.24, 2.45) is 0 Å². The summed E-state index contributed by atoms with van der Waals surface area (Å²) in [6.07, 6.45) is 0.348. The number of fused-ring (bicyclic) bond motifs is 5. The molecule has 272 valence electrons. The van der Waals surface area contributed by atoms with E-state index < -0.39 is 28.4 Å². The zero-order chi connectivity index (χ0) is 40.9. The van der Waals surface area contributed by atoms with Gasteiger partial charge in [0.2, 0.25) is 11.5 Å². The molecule has 15 heteroatoms. The van der Waals surface area contributed by atoms with E-state index in [-0.39, 0.29) is 20.7 Å². The van der Waals surface area contributed by atoms with Crippen molar-refractivity contribution < 1.29 is 20.4 Å². The maximum absolute atomic E-state index is 12.2. The van der Waals surface area contributed by atoms with Crippen molar-refractivity contribution >= 4 is 92.9 Å². The Kier molecular flexibility index (Phi) is 8.99. The van der Waals surface area contributed by atoms with Crippen molar-refractivity contribution in [3.63, 3.8) is 0 Å². The number of aromatic nitrogens is 2. The topological polar surface area (TPSA) is 98.7 Å². The van der Waals surface area contributed by atoms with E-state index in [2.05, 4.69) is 120 Å². The van der Waals surface area contributed by atoms with Crippen LogP contribution in [0.5, 0.6) is 23.0 Å². The van der Waals surface area contributed by atoms with Gasteiger partial charge in [0.1, 0.15) is 29.4 Å². The van der Waals surface area contributed by atoms with E-state index in [9.17, 15) is 20.4 Å². The van der Waals surface area contributed by atoms with Crippen molar-refractivity contribution in [3.8, 4) is 45.5 Å². The second-order valence-corrected chi connectivity index (χ2v) is 18.1. The number of imidazole rings is 1. The number of phenols is 4. The Morgan fingerprint density at radius 1 is 0.649 bits per heavy atom. The number of para-hydroxylation sites is 2. The van der Waals surface area contributed by atoms with E-state index in [0.29, 0.717) is 17.9 Å². The predicted octanol–water partition coefficient (Wildman–Crippen LogP) is -1.62. The summed E-state index contributed by atoms with van der Waals surface area (Å²) in [5.41, 5.74) is 13.2. The van der Waals surface area contributed by atoms with Gasteiger partial charge in [-0.15, -0.1) is 10.9 Å². The molecule has 0 spiro atoms. The maximum Gasteiger partial charge on any atom is 0.205 e. The van der Waals surface area contributed by atoms with Crippen LogP contribution in [-0.4, -0.2) is 101 Å². The molecule has 4 N–H and O–H groups in total. The fourth-order valence-corrected chi connectivity index (χ4v) is 10.4. The standard InChI is InChI=1S/C42H43B9N2O4/c1-19(43)32(44)33(45)25-18-24(21-15-16-23-22-11-5-6-12-26(22)40(27(23)17-21,41(46,47)48)42(49,50)51)30-31(36(55)38(57)37(56)35(30)54)34(25)53-29-14-8-7-13-28(29)52-39(53)20-9-3-2-4-10-20/h2-17,54-57H,18,43-51H2,1H3/b32-19-,33-25-. The van der Waals surface area contributed by atoms with Crippen molar-refractivity contribution in [1.29, 1.82) is 0 Å². The first kappa shape index (κ1) is 38.4. The third kappa shape index (κ3) is 5.48. The zero-order valence-electron chi connectivity index (χ0n) is 34.6. The van der Waals surface area contributed by atoms with Crippen molar-refractivity contribution in [1.82, 2.24) is 9.55 Å². The van der Waals surface area contributed by atoms with E-state index >= 15 is 0 Å². The average molecular weight is 737 g/mol. The van der Waals surface area contributed by atoms with Gasteiger partial charge in [-0.2, -0.15) is 0 Å². The van der Waals surface area contributed by atoms with Crippen molar-refractivity contribution in [3.05, 3.63) is 146 Å². The van der Waals surface area contributed by atoms with Gasteiger partial charge in [0.25, 0.3) is 0 Å². The average Bonchev–Trinajstić information content (AvgIpc) is 3.72. The highest BCUT2D eigenvalue weighted by Gasteiger charge is 2.56. The van der Waals surface area contributed by atoms with Gasteiger partial charge < -0.3 is 20.4 Å². The Morgan fingerprint density at radius 2 is 1.23 bits per heavy atom. The first-order valence-electron chi connectivity index (χ1n) is 19.8. The Hall–Kier alpha value is -5.43. The highest BCUT2D eigenvalue weighted by Crippen LogP contribution is 2.65. The lowest BCUT2D eigenvalue weighted by Gasteiger charge is -2.54. The van der Waals surface area contributed by atoms with Crippen LogP contribution in [0.2, 0.25) is 10.2 Å². The number of hydrogen-bond donors (Lipinski definition) is 4. The molecule has 0 aliphatic heterocycles. The third-order valence-electron chi connectivity index (χ3n) is 12.8. The summed E-state index contributed by atoms with van der Waals surface area (Å²) >= 11 is 0. The van der Waals surface area contributed by atoms with Gasteiger partial charge in [0, 0.05) is 17.2 Å². The van der Waals surface area contributed by atoms with E-state index in [1.54, 1.807) is 0 Å². The number of benzene rings is 5. The van der Waals surface area contributed by atoms with Gasteiger partial charge in [-0.05, 0) is 56.5 Å². The normalized spacial score (nSPS) is 16.2. The fourth-order valence-electron chi connectivity index (χ4n) is 10.4. The number of allylic oxidation sites excluding steroid dienone is 4. The first-order chi connectivity index (χ1) is 26.9. The van der Waals surface area contributed by atoms with Crippen LogP contribution in [0.3, 0.4) is 0 Å². The smallest absolute Gasteiger partial charge is 0.205 e. The molecule has 6 aromatic rings. The van der Waals surface area contributed by atoms with Crippen molar-refractivity contribution in [2.75, 3.05) is 0 Å². The summed E-state index contributed by atoms with van der Waals surface area (Å²) in [4.78, 5) is 5.14. The summed E-state index contributed by atoms with van der Waals surface area (Å²) < 4.78 is 2.04. The van der Waals surface area contributed by atoms with Gasteiger partial charge in [-0.25, -0.2) is 4.98 Å². The van der Waals surface area contributed by atoms with Crippen LogP contribution in [-0.2, 0) is 5.41 Å². The minimum absolute atomic E-state index is 0.204. The molecule has 57 heavy (non-hydrogen) atoms. The van der Waals surface area contributed by atoms with E-state index in [1.165, 1.54) is 22.3 Å². The zero-order valence-corrected chi connectivity index (χ0v) is 34.6. The molecule has 5 aromatic carbocycles. The second kappa shape index (κ2) is 13.3. The van der Waals surface area contributed by atoms with Gasteiger partial charge in [0.15, 0.2) is 11.5 Å². The lowest BCUT2D eigenvalue weighted by Crippen LogP contribution is -2.52. The summed E-state index contributed by atoms with van der Waals surface area (Å²) in [6, 6.07) is 33.1. The maximum atomic E-state index is 12.2. The summed E-state index contributed by atoms with van der Waals surface area (Å²) in [7, 11) is 20.2. The molecule has 1 aromatic heterocycles. The molecule has 0 bridgehead atoms. The molecule has 1 heterocycles. The minimum Gasteiger partial charge on any atom is -0.504 e. The Labute approximate surface area is 342 Å². The number of nitrogens with zero attached hydrogens (tertiary/aromatic N) is 2. The van der Waals surface area contributed by atoms with E-state index in [4.69, 9.17) is 4.98 Å². The number of aromatic hydroxyl groups is 4. The summed E-state index contributed by atoms with van der Waals surface area (Å²) in [5, 5.41) is 47.1. The molecular weight excluding hydrogens is 694 g/mol. The van der Waals surface area contributed by atoms with Crippen LogP contribution >= 0.6 is 0 Å². The van der Waals surface area contributed by atoms with Crippen LogP contribution in [0.4, 0.5) is 0 Å². The van der Waals surface area contributed by atoms with Gasteiger partial charge >= 0.3 is 0 Å². The van der Waals surface area contributed by atoms with E-state index in [0.717, 1.165) is 49.7 Å². The summed E-state index contributed by atoms with van der Waals surface area (Å²) in [5.74, 6) is -1.91. The highest BCUT2D eigenvalue weighted by molar-refractivity contribution is 6.66. The number of hydrogen-bond acceptors (Lipinski definition) is 5. The molecule has 6 nitrogen and oxygen atoms in total. The van der Waals surface area contributed by atoms with Crippen LogP contribution in [0.15, 0.2) is 119 Å². The molecule has 0 unspecified atom stereocenters. The molecule has 8 rings (SSSR count). The van der Waals surface area contributed by atoms with Crippen LogP contribution in [0, 0.1) is 0 Å². The van der Waals surface area contributed by atoms with Crippen LogP contribution < -0.4 is 10.4 Å². The fraction of sp³-hybridized carbons (Fsp3) is 0.119. The Bertz CT molecular complexity index is 2870. The largest absolute Gasteiger partial charge is 0.504 e. The van der Waals surface area contributed by atoms with Gasteiger partial charge in [0.05, 0.1) is 69.0 Å². The minimum atomic E-state index is -0.782. The highest BCUT2D eigenvalue weighted by atomic mass is 16.3. The second-order valence-electron chi connectivity index (χ2n) is 18.1. The first-order valence-corrected chi connectivity index (χ1v) is 19.8.